The van der Waals surface area contributed by atoms with E-state index in [4.69, 9.17) is 0 Å². The van der Waals surface area contributed by atoms with E-state index in [2.05, 4.69) is 29.0 Å². The van der Waals surface area contributed by atoms with Gasteiger partial charge in [-0.05, 0) is 38.1 Å². The van der Waals surface area contributed by atoms with Gasteiger partial charge >= 0.3 is 0 Å². The number of likely N-dealkylation sites (tertiary alicyclic amines) is 2. The van der Waals surface area contributed by atoms with Crippen LogP contribution in [0.1, 0.15) is 52.4 Å². The van der Waals surface area contributed by atoms with Gasteiger partial charge in [0.2, 0.25) is 5.91 Å². The average Bonchev–Trinajstić information content (AvgIpc) is 2.75. The van der Waals surface area contributed by atoms with Gasteiger partial charge in [-0.2, -0.15) is 0 Å². The van der Waals surface area contributed by atoms with Crippen molar-refractivity contribution in [2.75, 3.05) is 39.3 Å². The lowest BCUT2D eigenvalue weighted by Gasteiger charge is -2.37. The Morgan fingerprint density at radius 2 is 1.86 bits per heavy atom. The zero-order chi connectivity index (χ0) is 15.1. The van der Waals surface area contributed by atoms with Crippen LogP contribution in [0.4, 0.5) is 0 Å². The number of nitrogens with zero attached hydrogens (tertiary/aromatic N) is 2. The molecule has 21 heavy (non-hydrogen) atoms. The van der Waals surface area contributed by atoms with Crippen LogP contribution in [0.5, 0.6) is 0 Å². The molecule has 0 saturated carbocycles. The van der Waals surface area contributed by atoms with Gasteiger partial charge in [0.15, 0.2) is 0 Å². The first-order chi connectivity index (χ1) is 10.2. The van der Waals surface area contributed by atoms with Crippen LogP contribution in [0, 0.1) is 5.92 Å². The molecule has 0 spiro atoms. The van der Waals surface area contributed by atoms with Crippen molar-refractivity contribution in [3.63, 3.8) is 0 Å². The van der Waals surface area contributed by atoms with Crippen molar-refractivity contribution in [1.29, 1.82) is 0 Å². The van der Waals surface area contributed by atoms with Crippen molar-refractivity contribution in [3.05, 3.63) is 0 Å². The summed E-state index contributed by atoms with van der Waals surface area (Å²) in [5.41, 5.74) is 0. The fraction of sp³-hybridized carbons (Fsp3) is 0.941. The summed E-state index contributed by atoms with van der Waals surface area (Å²) in [6.45, 7) is 10.3. The van der Waals surface area contributed by atoms with Gasteiger partial charge in [0.1, 0.15) is 0 Å². The molecule has 0 radical (unpaired) electrons. The van der Waals surface area contributed by atoms with E-state index in [1.54, 1.807) is 0 Å². The highest BCUT2D eigenvalue weighted by Gasteiger charge is 2.27. The van der Waals surface area contributed by atoms with Crippen LogP contribution in [0.15, 0.2) is 0 Å². The van der Waals surface area contributed by atoms with E-state index in [-0.39, 0.29) is 0 Å². The van der Waals surface area contributed by atoms with Crippen molar-refractivity contribution in [2.45, 2.75) is 58.4 Å². The molecule has 2 atom stereocenters. The number of carbonyl (C=O) groups is 1. The highest BCUT2D eigenvalue weighted by molar-refractivity contribution is 5.78. The topological polar surface area (TPSA) is 35.6 Å². The monoisotopic (exact) mass is 295 g/mol. The van der Waals surface area contributed by atoms with Crippen molar-refractivity contribution in [3.8, 4) is 0 Å². The zero-order valence-electron chi connectivity index (χ0n) is 13.9. The highest BCUT2D eigenvalue weighted by Crippen LogP contribution is 2.17. The fourth-order valence-corrected chi connectivity index (χ4v) is 3.62. The normalized spacial score (nSPS) is 28.4. The molecule has 4 nitrogen and oxygen atoms in total. The molecule has 2 aliphatic rings. The van der Waals surface area contributed by atoms with Gasteiger partial charge in [-0.25, -0.2) is 0 Å². The lowest BCUT2D eigenvalue weighted by molar-refractivity contribution is -0.132. The molecule has 2 aliphatic heterocycles. The number of hydrogen-bond acceptors (Lipinski definition) is 3. The lowest BCUT2D eigenvalue weighted by atomic mass is 9.93. The molecule has 2 fully saturated rings. The van der Waals surface area contributed by atoms with Gasteiger partial charge < -0.3 is 10.2 Å². The summed E-state index contributed by atoms with van der Waals surface area (Å²) in [7, 11) is 0. The molecule has 0 aromatic carbocycles. The summed E-state index contributed by atoms with van der Waals surface area (Å²) >= 11 is 0. The Balaban J connectivity index is 1.74. The zero-order valence-corrected chi connectivity index (χ0v) is 13.9. The molecule has 122 valence electrons. The van der Waals surface area contributed by atoms with Gasteiger partial charge in [-0.1, -0.05) is 26.7 Å². The molecular weight excluding hydrogens is 262 g/mol. The van der Waals surface area contributed by atoms with E-state index in [9.17, 15) is 4.79 Å². The minimum Gasteiger partial charge on any atom is -0.342 e. The van der Waals surface area contributed by atoms with Crippen molar-refractivity contribution in [1.82, 2.24) is 15.1 Å². The number of nitrogens with one attached hydrogen (secondary N) is 1. The molecule has 0 bridgehead atoms. The third-order valence-corrected chi connectivity index (χ3v) is 4.96. The van der Waals surface area contributed by atoms with Crippen LogP contribution in [-0.4, -0.2) is 61.0 Å². The Morgan fingerprint density at radius 3 is 2.48 bits per heavy atom. The molecule has 1 N–H and O–H groups in total. The Morgan fingerprint density at radius 1 is 1.14 bits per heavy atom. The second-order valence-corrected chi connectivity index (χ2v) is 6.86. The summed E-state index contributed by atoms with van der Waals surface area (Å²) in [6.07, 6.45) is 7.32. The van der Waals surface area contributed by atoms with Crippen LogP contribution >= 0.6 is 0 Å². The van der Waals surface area contributed by atoms with Gasteiger partial charge in [0, 0.05) is 32.2 Å². The number of amides is 1. The number of carbonyl (C=O) groups excluding carboxylic acids is 1. The molecule has 2 saturated heterocycles. The Hall–Kier alpha value is -0.610. The summed E-state index contributed by atoms with van der Waals surface area (Å²) in [5.74, 6) is 0.992. The first-order valence-corrected chi connectivity index (χ1v) is 8.94. The smallest absolute Gasteiger partial charge is 0.236 e. The number of rotatable bonds is 5. The van der Waals surface area contributed by atoms with Gasteiger partial charge in [-0.3, -0.25) is 9.69 Å². The van der Waals surface area contributed by atoms with Crippen LogP contribution in [0.25, 0.3) is 0 Å². The van der Waals surface area contributed by atoms with Gasteiger partial charge in [0.05, 0.1) is 6.54 Å². The largest absolute Gasteiger partial charge is 0.342 e. The maximum absolute atomic E-state index is 12.4. The maximum Gasteiger partial charge on any atom is 0.236 e. The van der Waals surface area contributed by atoms with Crippen molar-refractivity contribution >= 4 is 5.91 Å². The van der Waals surface area contributed by atoms with Crippen LogP contribution in [-0.2, 0) is 4.79 Å². The Kier molecular flexibility index (Phi) is 6.97. The predicted molar refractivity (Wildman–Crippen MR) is 87.4 cm³/mol. The average molecular weight is 295 g/mol. The molecule has 0 aliphatic carbocycles. The summed E-state index contributed by atoms with van der Waals surface area (Å²) < 4.78 is 0. The van der Waals surface area contributed by atoms with E-state index >= 15 is 0 Å². The van der Waals surface area contributed by atoms with E-state index in [1.165, 1.54) is 38.5 Å². The summed E-state index contributed by atoms with van der Waals surface area (Å²) in [4.78, 5) is 16.9. The summed E-state index contributed by atoms with van der Waals surface area (Å²) in [6, 6.07) is 0.634. The van der Waals surface area contributed by atoms with E-state index in [0.29, 0.717) is 24.4 Å². The quantitative estimate of drug-likeness (QED) is 0.844. The number of piperidine rings is 1. The third kappa shape index (κ3) is 5.26. The minimum absolute atomic E-state index is 0.351. The lowest BCUT2D eigenvalue weighted by Crippen LogP contribution is -2.51. The summed E-state index contributed by atoms with van der Waals surface area (Å²) in [5, 5.41) is 3.64. The molecule has 4 heteroatoms. The molecular formula is C17H33N3O. The van der Waals surface area contributed by atoms with E-state index in [0.717, 1.165) is 32.7 Å². The molecule has 2 rings (SSSR count). The molecule has 0 aromatic rings. The second-order valence-electron chi connectivity index (χ2n) is 6.86. The molecule has 1 amide bonds. The van der Waals surface area contributed by atoms with Crippen molar-refractivity contribution < 1.29 is 4.79 Å². The van der Waals surface area contributed by atoms with E-state index in [1.807, 2.05) is 0 Å². The van der Waals surface area contributed by atoms with Gasteiger partial charge in [0.25, 0.3) is 0 Å². The Bertz CT molecular complexity index is 313. The number of hydrogen-bond donors (Lipinski definition) is 1. The predicted octanol–water partition coefficient (Wildman–Crippen LogP) is 2.10. The minimum atomic E-state index is 0.351. The maximum atomic E-state index is 12.4. The highest BCUT2D eigenvalue weighted by atomic mass is 16.2. The fourth-order valence-electron chi connectivity index (χ4n) is 3.62. The van der Waals surface area contributed by atoms with Gasteiger partial charge in [-0.15, -0.1) is 0 Å². The van der Waals surface area contributed by atoms with E-state index < -0.39 is 0 Å². The molecule has 2 heterocycles. The molecule has 2 unspecified atom stereocenters. The SMILES string of the molecule is CCCNC1CCN(CC(=O)N2CCCCCC2)CC1C. The van der Waals surface area contributed by atoms with Crippen LogP contribution < -0.4 is 5.32 Å². The standard InChI is InChI=1S/C17H33N3O/c1-3-9-18-16-8-12-19(13-15(16)2)14-17(21)20-10-6-4-5-7-11-20/h15-16,18H,3-14H2,1-2H3. The van der Waals surface area contributed by atoms with Crippen LogP contribution in [0.3, 0.4) is 0 Å². The second kappa shape index (κ2) is 8.74. The Labute approximate surface area is 130 Å². The first-order valence-electron chi connectivity index (χ1n) is 8.94. The molecule has 0 aromatic heterocycles. The third-order valence-electron chi connectivity index (χ3n) is 4.96. The first kappa shape index (κ1) is 16.8. The van der Waals surface area contributed by atoms with Crippen LogP contribution in [0.2, 0.25) is 0 Å². The van der Waals surface area contributed by atoms with Crippen molar-refractivity contribution in [2.24, 2.45) is 5.92 Å².